The highest BCUT2D eigenvalue weighted by Crippen LogP contribution is 2.25. The van der Waals surface area contributed by atoms with Gasteiger partial charge in [0, 0.05) is 11.4 Å². The molecule has 1 aliphatic heterocycles. The van der Waals surface area contributed by atoms with Gasteiger partial charge in [-0.1, -0.05) is 13.0 Å². The molecule has 0 radical (unpaired) electrons. The molecule has 1 N–H and O–H groups in total. The molecule has 1 fully saturated rings. The molecule has 5 nitrogen and oxygen atoms in total. The van der Waals surface area contributed by atoms with Crippen LogP contribution in [0.3, 0.4) is 0 Å². The van der Waals surface area contributed by atoms with Gasteiger partial charge in [-0.3, -0.25) is 0 Å². The molecule has 3 rings (SSSR count). The minimum atomic E-state index is -0.190. The van der Waals surface area contributed by atoms with Crippen molar-refractivity contribution in [3.05, 3.63) is 46.0 Å². The first-order valence-electron chi connectivity index (χ1n) is 7.94. The van der Waals surface area contributed by atoms with E-state index in [2.05, 4.69) is 18.3 Å². The Labute approximate surface area is 140 Å². The zero-order chi connectivity index (χ0) is 16.2. The maximum atomic E-state index is 12.6. The van der Waals surface area contributed by atoms with Gasteiger partial charge >= 0.3 is 6.03 Å². The average Bonchev–Trinajstić information content (AvgIpc) is 3.24. The van der Waals surface area contributed by atoms with Crippen molar-refractivity contribution in [1.29, 1.82) is 0 Å². The van der Waals surface area contributed by atoms with Crippen molar-refractivity contribution in [2.75, 3.05) is 19.7 Å². The highest BCUT2D eigenvalue weighted by Gasteiger charge is 2.28. The summed E-state index contributed by atoms with van der Waals surface area (Å²) >= 11 is 1.67. The van der Waals surface area contributed by atoms with E-state index in [4.69, 9.17) is 9.15 Å². The van der Waals surface area contributed by atoms with E-state index in [1.165, 1.54) is 4.88 Å². The van der Waals surface area contributed by atoms with E-state index in [9.17, 15) is 4.79 Å². The molecular weight excluding hydrogens is 312 g/mol. The number of hydrogen-bond donors (Lipinski definition) is 1. The third-order valence-corrected chi connectivity index (χ3v) is 5.01. The first-order chi connectivity index (χ1) is 11.2. The third-order valence-electron chi connectivity index (χ3n) is 4.02. The number of thiophene rings is 1. The van der Waals surface area contributed by atoms with Crippen LogP contribution in [0.5, 0.6) is 0 Å². The zero-order valence-electron chi connectivity index (χ0n) is 13.5. The molecule has 3 heterocycles. The normalized spacial score (nSPS) is 19.6. The summed E-state index contributed by atoms with van der Waals surface area (Å²) in [5.41, 5.74) is 0. The Kier molecular flexibility index (Phi) is 5.03. The lowest BCUT2D eigenvalue weighted by atomic mass is 10.2. The van der Waals surface area contributed by atoms with Crippen LogP contribution >= 0.6 is 11.3 Å². The Morgan fingerprint density at radius 3 is 3.00 bits per heavy atom. The summed E-state index contributed by atoms with van der Waals surface area (Å²) in [5.74, 6) is 1.64. The molecule has 1 aliphatic rings. The first kappa shape index (κ1) is 16.1. The fraction of sp³-hybridized carbons (Fsp3) is 0.471. The van der Waals surface area contributed by atoms with Gasteiger partial charge in [0.05, 0.1) is 19.2 Å². The number of aryl methyl sites for hydroxylation is 1. The maximum absolute atomic E-state index is 12.6. The topological polar surface area (TPSA) is 54.7 Å². The van der Waals surface area contributed by atoms with Crippen molar-refractivity contribution >= 4 is 17.4 Å². The van der Waals surface area contributed by atoms with Crippen molar-refractivity contribution in [3.63, 3.8) is 0 Å². The maximum Gasteiger partial charge on any atom is 0.318 e. The summed E-state index contributed by atoms with van der Waals surface area (Å²) in [6.07, 6.45) is 0.683. The van der Waals surface area contributed by atoms with Gasteiger partial charge in [0.1, 0.15) is 17.6 Å². The van der Waals surface area contributed by atoms with Crippen LogP contribution in [0.25, 0.3) is 0 Å². The predicted molar refractivity (Wildman–Crippen MR) is 89.6 cm³/mol. The third kappa shape index (κ3) is 3.76. The van der Waals surface area contributed by atoms with Crippen LogP contribution in [0.1, 0.15) is 41.9 Å². The van der Waals surface area contributed by atoms with E-state index < -0.39 is 0 Å². The largest absolute Gasteiger partial charge is 0.464 e. The monoisotopic (exact) mass is 334 g/mol. The fourth-order valence-corrected chi connectivity index (χ4v) is 3.60. The molecule has 0 saturated carbocycles. The van der Waals surface area contributed by atoms with E-state index >= 15 is 0 Å². The van der Waals surface area contributed by atoms with Crippen molar-refractivity contribution < 1.29 is 13.9 Å². The number of carbonyl (C=O) groups is 1. The van der Waals surface area contributed by atoms with Crippen molar-refractivity contribution in [1.82, 2.24) is 10.2 Å². The molecule has 0 aromatic carbocycles. The van der Waals surface area contributed by atoms with Crippen molar-refractivity contribution in [2.45, 2.75) is 32.4 Å². The van der Waals surface area contributed by atoms with Gasteiger partial charge in [-0.15, -0.1) is 11.3 Å². The second-order valence-corrected chi connectivity index (χ2v) is 6.66. The molecule has 0 unspecified atom stereocenters. The molecule has 0 spiro atoms. The number of urea groups is 1. The van der Waals surface area contributed by atoms with Crippen LogP contribution in [0.2, 0.25) is 0 Å². The number of nitrogens with zero attached hydrogens (tertiary/aromatic N) is 1. The molecule has 6 heteroatoms. The number of hydrogen-bond acceptors (Lipinski definition) is 4. The molecule has 23 heavy (non-hydrogen) atoms. The summed E-state index contributed by atoms with van der Waals surface area (Å²) in [5, 5.41) is 5.16. The SMILES string of the molecule is CC[C@@H](NC(=O)N1CCO[C@H](c2ccc(C)o2)C1)c1cccs1. The lowest BCUT2D eigenvalue weighted by Gasteiger charge is -2.33. The second kappa shape index (κ2) is 7.19. The summed E-state index contributed by atoms with van der Waals surface area (Å²) in [4.78, 5) is 15.6. The van der Waals surface area contributed by atoms with Gasteiger partial charge in [-0.25, -0.2) is 4.79 Å². The number of ether oxygens (including phenoxy) is 1. The Hall–Kier alpha value is -1.79. The van der Waals surface area contributed by atoms with Crippen LogP contribution < -0.4 is 5.32 Å². The van der Waals surface area contributed by atoms with Crippen LogP contribution in [-0.2, 0) is 4.74 Å². The zero-order valence-corrected chi connectivity index (χ0v) is 14.3. The second-order valence-electron chi connectivity index (χ2n) is 5.68. The Balaban J connectivity index is 1.62. The molecule has 1 saturated heterocycles. The van der Waals surface area contributed by atoms with E-state index in [1.54, 1.807) is 11.3 Å². The number of morpholine rings is 1. The molecule has 0 bridgehead atoms. The van der Waals surface area contributed by atoms with Crippen LogP contribution in [0.15, 0.2) is 34.1 Å². The molecule has 2 aromatic rings. The smallest absolute Gasteiger partial charge is 0.318 e. The summed E-state index contributed by atoms with van der Waals surface area (Å²) in [7, 11) is 0. The van der Waals surface area contributed by atoms with E-state index in [0.29, 0.717) is 19.7 Å². The van der Waals surface area contributed by atoms with Crippen LogP contribution in [-0.4, -0.2) is 30.6 Å². The molecule has 2 aromatic heterocycles. The van der Waals surface area contributed by atoms with Crippen molar-refractivity contribution in [2.24, 2.45) is 0 Å². The van der Waals surface area contributed by atoms with Gasteiger partial charge in [-0.2, -0.15) is 0 Å². The number of carbonyl (C=O) groups excluding carboxylic acids is 1. The minimum Gasteiger partial charge on any atom is -0.464 e. The number of amides is 2. The summed E-state index contributed by atoms with van der Waals surface area (Å²) in [6, 6.07) is 7.94. The van der Waals surface area contributed by atoms with Gasteiger partial charge < -0.3 is 19.4 Å². The Bertz CT molecular complexity index is 638. The highest BCUT2D eigenvalue weighted by atomic mass is 32.1. The van der Waals surface area contributed by atoms with E-state index in [-0.39, 0.29) is 18.2 Å². The Morgan fingerprint density at radius 2 is 2.35 bits per heavy atom. The van der Waals surface area contributed by atoms with E-state index in [0.717, 1.165) is 17.9 Å². The van der Waals surface area contributed by atoms with Gasteiger partial charge in [0.15, 0.2) is 0 Å². The van der Waals surface area contributed by atoms with E-state index in [1.807, 2.05) is 35.4 Å². The van der Waals surface area contributed by atoms with Gasteiger partial charge in [0.25, 0.3) is 0 Å². The summed E-state index contributed by atoms with van der Waals surface area (Å²) in [6.45, 7) is 5.62. The van der Waals surface area contributed by atoms with Crippen LogP contribution in [0.4, 0.5) is 4.79 Å². The van der Waals surface area contributed by atoms with Crippen LogP contribution in [0, 0.1) is 6.92 Å². The van der Waals surface area contributed by atoms with Crippen molar-refractivity contribution in [3.8, 4) is 0 Å². The average molecular weight is 334 g/mol. The minimum absolute atomic E-state index is 0.0400. The lowest BCUT2D eigenvalue weighted by Crippen LogP contribution is -2.47. The fourth-order valence-electron chi connectivity index (χ4n) is 2.74. The molecule has 2 atom stereocenters. The number of furan rings is 1. The highest BCUT2D eigenvalue weighted by molar-refractivity contribution is 7.10. The predicted octanol–water partition coefficient (Wildman–Crippen LogP) is 3.88. The van der Waals surface area contributed by atoms with Gasteiger partial charge in [0.2, 0.25) is 0 Å². The lowest BCUT2D eigenvalue weighted by molar-refractivity contribution is -0.0266. The summed E-state index contributed by atoms with van der Waals surface area (Å²) < 4.78 is 11.4. The quantitative estimate of drug-likeness (QED) is 0.923. The van der Waals surface area contributed by atoms with Gasteiger partial charge in [-0.05, 0) is 36.9 Å². The standard InChI is InChI=1S/C17H22N2O3S/c1-3-13(16-5-4-10-23-16)18-17(20)19-8-9-21-15(11-19)14-7-6-12(2)22-14/h4-7,10,13,15H,3,8-9,11H2,1-2H3,(H,18,20)/t13-,15+/m1/s1. The molecule has 2 amide bonds. The number of rotatable bonds is 4. The molecule has 124 valence electrons. The Morgan fingerprint density at radius 1 is 1.48 bits per heavy atom. The number of nitrogens with one attached hydrogen (secondary N) is 1. The first-order valence-corrected chi connectivity index (χ1v) is 8.82. The molecule has 0 aliphatic carbocycles. The molecular formula is C17H22N2O3S.